The molecular formula is C12H13F4NO2. The van der Waals surface area contributed by atoms with Gasteiger partial charge in [-0.05, 0) is 30.2 Å². The van der Waals surface area contributed by atoms with Crippen molar-refractivity contribution in [3.63, 3.8) is 0 Å². The second kappa shape index (κ2) is 6.01. The number of alkyl halides is 3. The maximum atomic E-state index is 13.0. The van der Waals surface area contributed by atoms with Crippen molar-refractivity contribution in [1.82, 2.24) is 4.90 Å². The molecule has 1 aromatic rings. The summed E-state index contributed by atoms with van der Waals surface area (Å²) in [6, 6.07) is 3.75. The van der Waals surface area contributed by atoms with Crippen LogP contribution in [-0.4, -0.2) is 35.2 Å². The van der Waals surface area contributed by atoms with Crippen LogP contribution in [0.3, 0.4) is 0 Å². The molecule has 0 spiro atoms. The Morgan fingerprint density at radius 2 is 2.00 bits per heavy atom. The van der Waals surface area contributed by atoms with Gasteiger partial charge in [-0.25, -0.2) is 4.39 Å². The third kappa shape index (κ3) is 5.69. The number of hydrogen-bond acceptors (Lipinski definition) is 2. The lowest BCUT2D eigenvalue weighted by Crippen LogP contribution is -2.37. The zero-order valence-corrected chi connectivity index (χ0v) is 10.2. The van der Waals surface area contributed by atoms with Crippen LogP contribution in [0.25, 0.3) is 0 Å². The second-order valence-corrected chi connectivity index (χ2v) is 4.22. The Morgan fingerprint density at radius 1 is 1.37 bits per heavy atom. The minimum absolute atomic E-state index is 0.268. The van der Waals surface area contributed by atoms with Crippen molar-refractivity contribution in [1.29, 1.82) is 0 Å². The van der Waals surface area contributed by atoms with E-state index in [1.54, 1.807) is 6.92 Å². The first kappa shape index (κ1) is 15.4. The molecule has 1 aromatic carbocycles. The molecule has 0 aliphatic carbocycles. The highest BCUT2D eigenvalue weighted by molar-refractivity contribution is 5.69. The van der Waals surface area contributed by atoms with Crippen molar-refractivity contribution in [2.24, 2.45) is 0 Å². The Balaban J connectivity index is 2.87. The average Bonchev–Trinajstić information content (AvgIpc) is 2.20. The molecule has 0 radical (unpaired) electrons. The largest absolute Gasteiger partial charge is 0.480 e. The van der Waals surface area contributed by atoms with Crippen molar-refractivity contribution in [2.75, 3.05) is 13.1 Å². The first-order valence-corrected chi connectivity index (χ1v) is 5.43. The molecule has 0 atom stereocenters. The molecule has 0 heterocycles. The number of rotatable bonds is 5. The Kier molecular flexibility index (Phi) is 4.88. The number of nitrogens with zero attached hydrogens (tertiary/aromatic N) is 1. The smallest absolute Gasteiger partial charge is 0.401 e. The maximum absolute atomic E-state index is 13.0. The first-order valence-electron chi connectivity index (χ1n) is 5.43. The summed E-state index contributed by atoms with van der Waals surface area (Å²) in [6.07, 6.45) is -4.50. The standard InChI is InChI=1S/C12H13F4NO2/c1-8-2-3-10(13)4-9(8)5-17(6-11(18)19)7-12(14,15)16/h2-4H,5-7H2,1H3,(H,18,19). The molecule has 1 rings (SSSR count). The van der Waals surface area contributed by atoms with E-state index in [-0.39, 0.29) is 6.54 Å². The second-order valence-electron chi connectivity index (χ2n) is 4.22. The van der Waals surface area contributed by atoms with Gasteiger partial charge in [0.15, 0.2) is 0 Å². The van der Waals surface area contributed by atoms with Crippen LogP contribution in [0.2, 0.25) is 0 Å². The van der Waals surface area contributed by atoms with E-state index in [1.165, 1.54) is 12.1 Å². The van der Waals surface area contributed by atoms with E-state index >= 15 is 0 Å². The lowest BCUT2D eigenvalue weighted by atomic mass is 10.1. The summed E-state index contributed by atoms with van der Waals surface area (Å²) in [7, 11) is 0. The molecule has 0 unspecified atom stereocenters. The van der Waals surface area contributed by atoms with Crippen molar-refractivity contribution in [3.05, 3.63) is 35.1 Å². The lowest BCUT2D eigenvalue weighted by Gasteiger charge is -2.22. The fraction of sp³-hybridized carbons (Fsp3) is 0.417. The van der Waals surface area contributed by atoms with Crippen molar-refractivity contribution in [3.8, 4) is 0 Å². The summed E-state index contributed by atoms with van der Waals surface area (Å²) in [6.45, 7) is -0.749. The molecule has 19 heavy (non-hydrogen) atoms. The van der Waals surface area contributed by atoms with Crippen LogP contribution in [0.5, 0.6) is 0 Å². The van der Waals surface area contributed by atoms with E-state index in [0.717, 1.165) is 6.07 Å². The predicted molar refractivity (Wildman–Crippen MR) is 60.1 cm³/mol. The van der Waals surface area contributed by atoms with Gasteiger partial charge in [0.25, 0.3) is 0 Å². The highest BCUT2D eigenvalue weighted by Gasteiger charge is 2.31. The summed E-state index contributed by atoms with van der Waals surface area (Å²) in [5.74, 6) is -1.93. The Labute approximate surface area is 107 Å². The van der Waals surface area contributed by atoms with E-state index in [1.807, 2.05) is 0 Å². The van der Waals surface area contributed by atoms with Gasteiger partial charge < -0.3 is 5.11 Å². The van der Waals surface area contributed by atoms with Gasteiger partial charge in [0.05, 0.1) is 13.1 Å². The van der Waals surface area contributed by atoms with Crippen LogP contribution < -0.4 is 0 Å². The minimum Gasteiger partial charge on any atom is -0.480 e. The molecular weight excluding hydrogens is 266 g/mol. The Bertz CT molecular complexity index is 460. The van der Waals surface area contributed by atoms with Gasteiger partial charge in [0.1, 0.15) is 5.82 Å². The van der Waals surface area contributed by atoms with E-state index in [2.05, 4.69) is 0 Å². The Morgan fingerprint density at radius 3 is 2.53 bits per heavy atom. The van der Waals surface area contributed by atoms with Gasteiger partial charge in [-0.15, -0.1) is 0 Å². The number of halogens is 4. The van der Waals surface area contributed by atoms with E-state index in [9.17, 15) is 22.4 Å². The van der Waals surface area contributed by atoms with Crippen molar-refractivity contribution >= 4 is 5.97 Å². The molecule has 0 aliphatic rings. The first-order chi connectivity index (χ1) is 8.67. The zero-order chi connectivity index (χ0) is 14.6. The Hall–Kier alpha value is -1.63. The monoisotopic (exact) mass is 279 g/mol. The number of aliphatic carboxylic acids is 1. The zero-order valence-electron chi connectivity index (χ0n) is 10.2. The minimum atomic E-state index is -4.50. The summed E-state index contributed by atoms with van der Waals surface area (Å²) in [5, 5.41) is 8.60. The normalized spacial score (nSPS) is 11.9. The summed E-state index contributed by atoms with van der Waals surface area (Å²) in [5.41, 5.74) is 0.949. The molecule has 0 bridgehead atoms. The molecule has 0 amide bonds. The van der Waals surface area contributed by atoms with Gasteiger partial charge in [0.2, 0.25) is 0 Å². The van der Waals surface area contributed by atoms with E-state index in [4.69, 9.17) is 5.11 Å². The van der Waals surface area contributed by atoms with Crippen molar-refractivity contribution < 1.29 is 27.5 Å². The topological polar surface area (TPSA) is 40.5 Å². The molecule has 0 saturated carbocycles. The van der Waals surface area contributed by atoms with Gasteiger partial charge >= 0.3 is 12.1 Å². The average molecular weight is 279 g/mol. The number of benzene rings is 1. The van der Waals surface area contributed by atoms with E-state index in [0.29, 0.717) is 16.0 Å². The van der Waals surface area contributed by atoms with Crippen LogP contribution in [0.15, 0.2) is 18.2 Å². The van der Waals surface area contributed by atoms with Crippen LogP contribution in [-0.2, 0) is 11.3 Å². The molecule has 0 aliphatic heterocycles. The third-order valence-electron chi connectivity index (χ3n) is 2.47. The molecule has 1 N–H and O–H groups in total. The van der Waals surface area contributed by atoms with E-state index < -0.39 is 31.1 Å². The van der Waals surface area contributed by atoms with Crippen LogP contribution in [0.1, 0.15) is 11.1 Å². The molecule has 0 fully saturated rings. The molecule has 0 saturated heterocycles. The van der Waals surface area contributed by atoms with Gasteiger partial charge in [0, 0.05) is 6.54 Å². The van der Waals surface area contributed by atoms with Gasteiger partial charge in [-0.2, -0.15) is 13.2 Å². The molecule has 7 heteroatoms. The summed E-state index contributed by atoms with van der Waals surface area (Å²) < 4.78 is 50.0. The van der Waals surface area contributed by atoms with Gasteiger partial charge in [-0.1, -0.05) is 6.07 Å². The van der Waals surface area contributed by atoms with Crippen LogP contribution >= 0.6 is 0 Å². The quantitative estimate of drug-likeness (QED) is 0.842. The molecule has 0 aromatic heterocycles. The van der Waals surface area contributed by atoms with Crippen LogP contribution in [0.4, 0.5) is 17.6 Å². The van der Waals surface area contributed by atoms with Crippen molar-refractivity contribution in [2.45, 2.75) is 19.6 Å². The predicted octanol–water partition coefficient (Wildman–Crippen LogP) is 2.58. The number of carboxylic acids is 1. The molecule has 3 nitrogen and oxygen atoms in total. The number of hydrogen-bond donors (Lipinski definition) is 1. The fourth-order valence-electron chi connectivity index (χ4n) is 1.66. The molecule has 106 valence electrons. The number of carboxylic acid groups (broad SMARTS) is 1. The number of carbonyl (C=O) groups is 1. The highest BCUT2D eigenvalue weighted by atomic mass is 19.4. The van der Waals surface area contributed by atoms with Gasteiger partial charge in [-0.3, -0.25) is 9.69 Å². The fourth-order valence-corrected chi connectivity index (χ4v) is 1.66. The highest BCUT2D eigenvalue weighted by Crippen LogP contribution is 2.19. The summed E-state index contributed by atoms with van der Waals surface area (Å²) in [4.78, 5) is 11.3. The number of aryl methyl sites for hydroxylation is 1. The maximum Gasteiger partial charge on any atom is 0.401 e. The SMILES string of the molecule is Cc1ccc(F)cc1CN(CC(=O)O)CC(F)(F)F. The van der Waals surface area contributed by atoms with Crippen LogP contribution in [0, 0.1) is 12.7 Å². The summed E-state index contributed by atoms with van der Waals surface area (Å²) >= 11 is 0. The lowest BCUT2D eigenvalue weighted by molar-refractivity contribution is -0.154. The third-order valence-corrected chi connectivity index (χ3v) is 2.47.